The molecule has 1 unspecified atom stereocenters. The summed E-state index contributed by atoms with van der Waals surface area (Å²) in [6, 6.07) is 3.80. The average molecular weight is 192 g/mol. The average Bonchev–Trinajstić information content (AvgIpc) is 2.01. The van der Waals surface area contributed by atoms with Crippen LogP contribution in [0.25, 0.3) is 0 Å². The molecule has 0 amide bonds. The van der Waals surface area contributed by atoms with Crippen LogP contribution in [0.3, 0.4) is 0 Å². The minimum atomic E-state index is 0.236. The number of carbonyl (C=O) groups excluding carboxylic acids is 1. The van der Waals surface area contributed by atoms with Gasteiger partial charge in [0.25, 0.3) is 0 Å². The number of carbonyl (C=O) groups is 1. The first-order valence-electron chi connectivity index (χ1n) is 4.77. The van der Waals surface area contributed by atoms with Gasteiger partial charge in [0.2, 0.25) is 0 Å². The molecular weight excluding hydrogens is 176 g/mol. The van der Waals surface area contributed by atoms with Gasteiger partial charge in [-0.05, 0) is 37.0 Å². The van der Waals surface area contributed by atoms with Crippen molar-refractivity contribution in [3.63, 3.8) is 0 Å². The molecule has 0 saturated carbocycles. The second-order valence-corrected chi connectivity index (χ2v) is 3.80. The number of rotatable bonds is 4. The molecule has 0 aliphatic rings. The summed E-state index contributed by atoms with van der Waals surface area (Å²) in [4.78, 5) is 14.8. The number of hydrogen-bond acceptors (Lipinski definition) is 3. The van der Waals surface area contributed by atoms with Crippen molar-refractivity contribution in [2.24, 2.45) is 5.92 Å². The van der Waals surface area contributed by atoms with Gasteiger partial charge in [0.15, 0.2) is 0 Å². The van der Waals surface area contributed by atoms with Crippen LogP contribution in [0.4, 0.5) is 5.82 Å². The summed E-state index contributed by atoms with van der Waals surface area (Å²) in [5, 5.41) is 0. The van der Waals surface area contributed by atoms with Gasteiger partial charge in [-0.2, -0.15) is 0 Å². The van der Waals surface area contributed by atoms with Crippen LogP contribution in [0.5, 0.6) is 0 Å². The first-order valence-corrected chi connectivity index (χ1v) is 4.77. The molecule has 1 heterocycles. The molecule has 0 spiro atoms. The van der Waals surface area contributed by atoms with Gasteiger partial charge in [-0.25, -0.2) is 4.98 Å². The van der Waals surface area contributed by atoms with Crippen LogP contribution < -0.4 is 5.73 Å². The van der Waals surface area contributed by atoms with Gasteiger partial charge >= 0.3 is 0 Å². The first-order chi connectivity index (χ1) is 6.58. The quantitative estimate of drug-likeness (QED) is 0.791. The van der Waals surface area contributed by atoms with Crippen molar-refractivity contribution in [2.45, 2.75) is 26.7 Å². The van der Waals surface area contributed by atoms with Crippen molar-refractivity contribution in [3.8, 4) is 0 Å². The van der Waals surface area contributed by atoms with Crippen molar-refractivity contribution in [3.05, 3.63) is 23.9 Å². The summed E-state index contributed by atoms with van der Waals surface area (Å²) in [6.07, 6.45) is 3.21. The van der Waals surface area contributed by atoms with Crippen molar-refractivity contribution >= 4 is 11.6 Å². The van der Waals surface area contributed by atoms with Gasteiger partial charge < -0.3 is 10.5 Å². The largest absolute Gasteiger partial charge is 0.384 e. The number of pyridine rings is 1. The highest BCUT2D eigenvalue weighted by Gasteiger charge is 2.06. The van der Waals surface area contributed by atoms with Gasteiger partial charge in [0.1, 0.15) is 11.6 Å². The van der Waals surface area contributed by atoms with Crippen LogP contribution in [-0.4, -0.2) is 10.8 Å². The minimum absolute atomic E-state index is 0.236. The van der Waals surface area contributed by atoms with E-state index in [0.29, 0.717) is 18.2 Å². The Labute approximate surface area is 84.3 Å². The van der Waals surface area contributed by atoms with Crippen LogP contribution in [0.1, 0.15) is 25.8 Å². The summed E-state index contributed by atoms with van der Waals surface area (Å²) >= 11 is 0. The number of Topliss-reactive ketones (excluding diaryl/α,β-unsaturated/α-hetero) is 1. The Morgan fingerprint density at radius 2 is 2.36 bits per heavy atom. The van der Waals surface area contributed by atoms with Crippen molar-refractivity contribution in [2.75, 3.05) is 5.73 Å². The topological polar surface area (TPSA) is 56.0 Å². The van der Waals surface area contributed by atoms with E-state index in [2.05, 4.69) is 11.9 Å². The Morgan fingerprint density at radius 1 is 1.64 bits per heavy atom. The SMILES string of the molecule is CC(=O)CC(C)Cc1ccnc(N)c1. The molecule has 1 atom stereocenters. The van der Waals surface area contributed by atoms with Crippen molar-refractivity contribution in [1.29, 1.82) is 0 Å². The molecule has 1 rings (SSSR count). The van der Waals surface area contributed by atoms with E-state index in [-0.39, 0.29) is 5.78 Å². The fourth-order valence-corrected chi connectivity index (χ4v) is 1.59. The molecule has 0 aliphatic heterocycles. The standard InChI is InChI=1S/C11H16N2O/c1-8(5-9(2)14)6-10-3-4-13-11(12)7-10/h3-4,7-8H,5-6H2,1-2H3,(H2,12,13). The summed E-state index contributed by atoms with van der Waals surface area (Å²) in [5.41, 5.74) is 6.70. The zero-order valence-electron chi connectivity index (χ0n) is 8.66. The second kappa shape index (κ2) is 4.74. The van der Waals surface area contributed by atoms with Crippen molar-refractivity contribution in [1.82, 2.24) is 4.98 Å². The van der Waals surface area contributed by atoms with Crippen molar-refractivity contribution < 1.29 is 4.79 Å². The number of ketones is 1. The molecule has 1 aromatic heterocycles. The van der Waals surface area contributed by atoms with E-state index in [4.69, 9.17) is 5.73 Å². The Kier molecular flexibility index (Phi) is 3.63. The van der Waals surface area contributed by atoms with Gasteiger partial charge in [-0.3, -0.25) is 0 Å². The lowest BCUT2D eigenvalue weighted by Crippen LogP contribution is -2.05. The fraction of sp³-hybridized carbons (Fsp3) is 0.455. The van der Waals surface area contributed by atoms with E-state index >= 15 is 0 Å². The van der Waals surface area contributed by atoms with E-state index in [1.165, 1.54) is 0 Å². The molecular formula is C11H16N2O. The third-order valence-electron chi connectivity index (χ3n) is 2.07. The lowest BCUT2D eigenvalue weighted by atomic mass is 9.97. The highest BCUT2D eigenvalue weighted by molar-refractivity contribution is 5.75. The molecule has 2 N–H and O–H groups in total. The van der Waals surface area contributed by atoms with Gasteiger partial charge in [-0.15, -0.1) is 0 Å². The predicted octanol–water partition coefficient (Wildman–Crippen LogP) is 1.82. The van der Waals surface area contributed by atoms with Crippen LogP contribution in [0, 0.1) is 5.92 Å². The Morgan fingerprint density at radius 3 is 2.93 bits per heavy atom. The number of nitrogens with zero attached hydrogens (tertiary/aromatic N) is 1. The Balaban J connectivity index is 2.55. The highest BCUT2D eigenvalue weighted by Crippen LogP contribution is 2.13. The lowest BCUT2D eigenvalue weighted by Gasteiger charge is -2.09. The summed E-state index contributed by atoms with van der Waals surface area (Å²) in [5.74, 6) is 1.14. The van der Waals surface area contributed by atoms with Crippen LogP contribution in [0.15, 0.2) is 18.3 Å². The zero-order chi connectivity index (χ0) is 10.6. The van der Waals surface area contributed by atoms with E-state index in [1.807, 2.05) is 12.1 Å². The number of anilines is 1. The minimum Gasteiger partial charge on any atom is -0.384 e. The zero-order valence-corrected chi connectivity index (χ0v) is 8.66. The number of nitrogen functional groups attached to an aromatic ring is 1. The van der Waals surface area contributed by atoms with Crippen LogP contribution >= 0.6 is 0 Å². The van der Waals surface area contributed by atoms with E-state index < -0.39 is 0 Å². The molecule has 3 heteroatoms. The molecule has 0 bridgehead atoms. The summed E-state index contributed by atoms with van der Waals surface area (Å²) < 4.78 is 0. The maximum atomic E-state index is 10.9. The fourth-order valence-electron chi connectivity index (χ4n) is 1.59. The van der Waals surface area contributed by atoms with Crippen LogP contribution in [0.2, 0.25) is 0 Å². The summed E-state index contributed by atoms with van der Waals surface area (Å²) in [7, 11) is 0. The van der Waals surface area contributed by atoms with Gasteiger partial charge in [0.05, 0.1) is 0 Å². The molecule has 3 nitrogen and oxygen atoms in total. The van der Waals surface area contributed by atoms with E-state index in [1.54, 1.807) is 13.1 Å². The first kappa shape index (κ1) is 10.7. The number of nitrogens with two attached hydrogens (primary N) is 1. The molecule has 1 aromatic rings. The highest BCUT2D eigenvalue weighted by atomic mass is 16.1. The smallest absolute Gasteiger partial charge is 0.130 e. The molecule has 0 aromatic carbocycles. The normalized spacial score (nSPS) is 12.4. The molecule has 0 aliphatic carbocycles. The van der Waals surface area contributed by atoms with Gasteiger partial charge in [0, 0.05) is 12.6 Å². The van der Waals surface area contributed by atoms with E-state index in [9.17, 15) is 4.79 Å². The van der Waals surface area contributed by atoms with Gasteiger partial charge in [-0.1, -0.05) is 6.92 Å². The monoisotopic (exact) mass is 192 g/mol. The maximum absolute atomic E-state index is 10.9. The Hall–Kier alpha value is -1.38. The molecule has 0 fully saturated rings. The number of hydrogen-bond donors (Lipinski definition) is 1. The number of aromatic nitrogens is 1. The molecule has 0 radical (unpaired) electrons. The Bertz CT molecular complexity index is 323. The molecule has 76 valence electrons. The summed E-state index contributed by atoms with van der Waals surface area (Å²) in [6.45, 7) is 3.69. The van der Waals surface area contributed by atoms with Crippen LogP contribution in [-0.2, 0) is 11.2 Å². The molecule has 0 saturated heterocycles. The third-order valence-corrected chi connectivity index (χ3v) is 2.07. The molecule has 14 heavy (non-hydrogen) atoms. The lowest BCUT2D eigenvalue weighted by molar-refractivity contribution is -0.117. The third kappa shape index (κ3) is 3.56. The second-order valence-electron chi connectivity index (χ2n) is 3.80. The maximum Gasteiger partial charge on any atom is 0.130 e. The predicted molar refractivity (Wildman–Crippen MR) is 56.8 cm³/mol. The van der Waals surface area contributed by atoms with E-state index in [0.717, 1.165) is 12.0 Å².